The van der Waals surface area contributed by atoms with Crippen molar-refractivity contribution in [1.82, 2.24) is 4.98 Å². The van der Waals surface area contributed by atoms with E-state index in [0.29, 0.717) is 11.5 Å². The molecule has 7 heteroatoms. The SMILES string of the molecule is COc1ccc(Oc2ccc([C@@H](C)N)nc2)cc1[N+](=O)[O-]. The minimum Gasteiger partial charge on any atom is -0.490 e. The first-order chi connectivity index (χ1) is 10.0. The van der Waals surface area contributed by atoms with Gasteiger partial charge in [-0.1, -0.05) is 0 Å². The highest BCUT2D eigenvalue weighted by atomic mass is 16.6. The molecule has 0 bridgehead atoms. The van der Waals surface area contributed by atoms with E-state index in [1.165, 1.54) is 25.4 Å². The molecule has 0 unspecified atom stereocenters. The van der Waals surface area contributed by atoms with Crippen molar-refractivity contribution in [3.05, 3.63) is 52.3 Å². The van der Waals surface area contributed by atoms with Crippen LogP contribution in [0.5, 0.6) is 17.2 Å². The quantitative estimate of drug-likeness (QED) is 0.671. The van der Waals surface area contributed by atoms with Gasteiger partial charge in [-0.3, -0.25) is 15.1 Å². The lowest BCUT2D eigenvalue weighted by Gasteiger charge is -2.08. The number of aromatic nitrogens is 1. The molecular weight excluding hydrogens is 274 g/mol. The van der Waals surface area contributed by atoms with Gasteiger partial charge in [0.1, 0.15) is 11.5 Å². The van der Waals surface area contributed by atoms with E-state index in [2.05, 4.69) is 4.98 Å². The largest absolute Gasteiger partial charge is 0.490 e. The number of nitro benzene ring substituents is 1. The minimum atomic E-state index is -0.525. The second-order valence-corrected chi connectivity index (χ2v) is 4.40. The summed E-state index contributed by atoms with van der Waals surface area (Å²) in [5.74, 6) is 0.981. The number of nitrogens with zero attached hydrogens (tertiary/aromatic N) is 2. The van der Waals surface area contributed by atoms with Gasteiger partial charge in [0.2, 0.25) is 0 Å². The van der Waals surface area contributed by atoms with Crippen molar-refractivity contribution in [2.75, 3.05) is 7.11 Å². The van der Waals surface area contributed by atoms with Crippen molar-refractivity contribution in [2.24, 2.45) is 5.73 Å². The monoisotopic (exact) mass is 289 g/mol. The smallest absolute Gasteiger partial charge is 0.314 e. The van der Waals surface area contributed by atoms with Gasteiger partial charge >= 0.3 is 5.69 Å². The normalized spacial score (nSPS) is 11.8. The van der Waals surface area contributed by atoms with Gasteiger partial charge in [-0.25, -0.2) is 0 Å². The molecule has 1 atom stereocenters. The van der Waals surface area contributed by atoms with Crippen molar-refractivity contribution in [3.8, 4) is 17.2 Å². The summed E-state index contributed by atoms with van der Waals surface area (Å²) < 4.78 is 10.5. The molecule has 2 rings (SSSR count). The Kier molecular flexibility index (Phi) is 4.34. The summed E-state index contributed by atoms with van der Waals surface area (Å²) in [6.07, 6.45) is 1.52. The van der Waals surface area contributed by atoms with Gasteiger partial charge in [0.05, 0.1) is 30.0 Å². The maximum Gasteiger partial charge on any atom is 0.314 e. The van der Waals surface area contributed by atoms with Crippen LogP contribution in [0.2, 0.25) is 0 Å². The van der Waals surface area contributed by atoms with Crippen LogP contribution in [0.25, 0.3) is 0 Å². The zero-order valence-electron chi connectivity index (χ0n) is 11.6. The molecular formula is C14H15N3O4. The Morgan fingerprint density at radius 3 is 2.52 bits per heavy atom. The number of hydrogen-bond acceptors (Lipinski definition) is 6. The predicted octanol–water partition coefficient (Wildman–Crippen LogP) is 2.81. The number of rotatable bonds is 5. The Hall–Kier alpha value is -2.67. The van der Waals surface area contributed by atoms with Gasteiger partial charge < -0.3 is 15.2 Å². The predicted molar refractivity (Wildman–Crippen MR) is 76.6 cm³/mol. The zero-order chi connectivity index (χ0) is 15.4. The van der Waals surface area contributed by atoms with Crippen LogP contribution >= 0.6 is 0 Å². The van der Waals surface area contributed by atoms with E-state index >= 15 is 0 Å². The first kappa shape index (κ1) is 14.7. The molecule has 2 aromatic rings. The number of nitro groups is 1. The van der Waals surface area contributed by atoms with Crippen LogP contribution in [-0.4, -0.2) is 17.0 Å². The molecule has 0 radical (unpaired) electrons. The number of nitrogens with two attached hydrogens (primary N) is 1. The summed E-state index contributed by atoms with van der Waals surface area (Å²) in [4.78, 5) is 14.6. The van der Waals surface area contributed by atoms with Gasteiger partial charge in [0.15, 0.2) is 5.75 Å². The van der Waals surface area contributed by atoms with Crippen molar-refractivity contribution in [2.45, 2.75) is 13.0 Å². The topological polar surface area (TPSA) is 101 Å². The van der Waals surface area contributed by atoms with E-state index in [4.69, 9.17) is 15.2 Å². The molecule has 1 aromatic carbocycles. The highest BCUT2D eigenvalue weighted by Gasteiger charge is 2.16. The molecule has 0 spiro atoms. The van der Waals surface area contributed by atoms with Crippen LogP contribution in [-0.2, 0) is 0 Å². The highest BCUT2D eigenvalue weighted by Crippen LogP contribution is 2.32. The molecule has 0 saturated carbocycles. The van der Waals surface area contributed by atoms with Crippen molar-refractivity contribution < 1.29 is 14.4 Å². The fraction of sp³-hybridized carbons (Fsp3) is 0.214. The third-order valence-corrected chi connectivity index (χ3v) is 2.81. The first-order valence-electron chi connectivity index (χ1n) is 6.23. The summed E-state index contributed by atoms with van der Waals surface area (Å²) in [5, 5.41) is 10.9. The Bertz CT molecular complexity index is 641. The van der Waals surface area contributed by atoms with E-state index in [9.17, 15) is 10.1 Å². The molecule has 0 aliphatic rings. The summed E-state index contributed by atoms with van der Waals surface area (Å²) in [7, 11) is 1.37. The summed E-state index contributed by atoms with van der Waals surface area (Å²) in [6.45, 7) is 1.83. The van der Waals surface area contributed by atoms with Crippen LogP contribution in [0.4, 0.5) is 5.69 Å². The van der Waals surface area contributed by atoms with Crippen molar-refractivity contribution in [3.63, 3.8) is 0 Å². The van der Waals surface area contributed by atoms with Gasteiger partial charge in [-0.15, -0.1) is 0 Å². The van der Waals surface area contributed by atoms with Crippen LogP contribution in [0.3, 0.4) is 0 Å². The first-order valence-corrected chi connectivity index (χ1v) is 6.23. The summed E-state index contributed by atoms with van der Waals surface area (Å²) in [5.41, 5.74) is 6.29. The average molecular weight is 289 g/mol. The third-order valence-electron chi connectivity index (χ3n) is 2.81. The van der Waals surface area contributed by atoms with E-state index in [1.807, 2.05) is 6.92 Å². The van der Waals surface area contributed by atoms with Crippen LogP contribution < -0.4 is 15.2 Å². The van der Waals surface area contributed by atoms with Crippen LogP contribution in [0, 0.1) is 10.1 Å². The third kappa shape index (κ3) is 3.46. The van der Waals surface area contributed by atoms with E-state index in [0.717, 1.165) is 5.69 Å². The molecule has 21 heavy (non-hydrogen) atoms. The Morgan fingerprint density at radius 1 is 1.29 bits per heavy atom. The zero-order valence-corrected chi connectivity index (χ0v) is 11.6. The number of hydrogen-bond donors (Lipinski definition) is 1. The molecule has 110 valence electrons. The van der Waals surface area contributed by atoms with Gasteiger partial charge in [-0.05, 0) is 31.2 Å². The number of ether oxygens (including phenoxy) is 2. The maximum absolute atomic E-state index is 10.9. The van der Waals surface area contributed by atoms with Crippen molar-refractivity contribution >= 4 is 5.69 Å². The lowest BCUT2D eigenvalue weighted by molar-refractivity contribution is -0.385. The molecule has 0 amide bonds. The number of methoxy groups -OCH3 is 1. The maximum atomic E-state index is 10.9. The lowest BCUT2D eigenvalue weighted by Crippen LogP contribution is -2.06. The van der Waals surface area contributed by atoms with E-state index in [-0.39, 0.29) is 17.5 Å². The van der Waals surface area contributed by atoms with Crippen LogP contribution in [0.15, 0.2) is 36.5 Å². The van der Waals surface area contributed by atoms with E-state index in [1.54, 1.807) is 18.2 Å². The fourth-order valence-corrected chi connectivity index (χ4v) is 1.73. The summed E-state index contributed by atoms with van der Waals surface area (Å²) in [6, 6.07) is 7.67. The second kappa shape index (κ2) is 6.19. The summed E-state index contributed by atoms with van der Waals surface area (Å²) >= 11 is 0. The van der Waals surface area contributed by atoms with E-state index < -0.39 is 4.92 Å². The lowest BCUT2D eigenvalue weighted by atomic mass is 10.2. The Labute approximate surface area is 121 Å². The number of pyridine rings is 1. The Balaban J connectivity index is 2.23. The standard InChI is InChI=1S/C14H15N3O4/c1-9(15)12-5-3-11(8-16-12)21-10-4-6-14(20-2)13(7-10)17(18)19/h3-9H,15H2,1-2H3/t9-/m1/s1. The van der Waals surface area contributed by atoms with Gasteiger partial charge in [0.25, 0.3) is 0 Å². The molecule has 1 aromatic heterocycles. The molecule has 2 N–H and O–H groups in total. The molecule has 0 aliphatic heterocycles. The minimum absolute atomic E-state index is 0.157. The molecule has 0 aliphatic carbocycles. The number of benzene rings is 1. The highest BCUT2D eigenvalue weighted by molar-refractivity contribution is 5.51. The second-order valence-electron chi connectivity index (χ2n) is 4.40. The van der Waals surface area contributed by atoms with Crippen LogP contribution in [0.1, 0.15) is 18.7 Å². The Morgan fingerprint density at radius 2 is 2.00 bits per heavy atom. The van der Waals surface area contributed by atoms with Gasteiger partial charge in [-0.2, -0.15) is 0 Å². The molecule has 7 nitrogen and oxygen atoms in total. The molecule has 0 saturated heterocycles. The van der Waals surface area contributed by atoms with Gasteiger partial charge in [0, 0.05) is 6.04 Å². The molecule has 1 heterocycles. The fourth-order valence-electron chi connectivity index (χ4n) is 1.73. The average Bonchev–Trinajstić information content (AvgIpc) is 2.47. The molecule has 0 fully saturated rings. The van der Waals surface area contributed by atoms with Crippen molar-refractivity contribution in [1.29, 1.82) is 0 Å².